The van der Waals surface area contributed by atoms with E-state index >= 15 is 0 Å². The molecule has 0 aromatic heterocycles. The summed E-state index contributed by atoms with van der Waals surface area (Å²) in [4.78, 5) is 11.1. The van der Waals surface area contributed by atoms with Crippen molar-refractivity contribution in [3.63, 3.8) is 0 Å². The van der Waals surface area contributed by atoms with Crippen LogP contribution in [0.4, 0.5) is 0 Å². The normalized spacial score (nSPS) is 10.2. The topological polar surface area (TPSA) is 41.1 Å². The average molecular weight is 184 g/mol. The Balaban J connectivity index is 3.32. The molecule has 0 spiro atoms. The van der Waals surface area contributed by atoms with Crippen LogP contribution in [0.3, 0.4) is 0 Å². The predicted octanol–water partition coefficient (Wildman–Crippen LogP) is 1.07. The number of rotatable bonds is 6. The molecule has 0 aliphatic carbocycles. The van der Waals surface area contributed by atoms with E-state index in [4.69, 9.17) is 0 Å². The van der Waals surface area contributed by atoms with Crippen molar-refractivity contribution >= 4 is 5.91 Å². The molecule has 0 unspecified atom stereocenters. The first-order chi connectivity index (χ1) is 6.02. The molecule has 0 aromatic rings. The Kier molecular flexibility index (Phi) is 6.24. The van der Waals surface area contributed by atoms with Crippen LogP contribution >= 0.6 is 0 Å². The summed E-state index contributed by atoms with van der Waals surface area (Å²) in [5.41, 5.74) is 1.09. The Morgan fingerprint density at radius 3 is 2.54 bits per heavy atom. The molecule has 0 aliphatic rings. The molecular weight excluding hydrogens is 164 g/mol. The Bertz CT molecular complexity index is 176. The molecule has 0 bridgehead atoms. The first-order valence-electron chi connectivity index (χ1n) is 4.67. The number of hydrogen-bond acceptors (Lipinski definition) is 2. The standard InChI is InChI=1S/C10H20N2O/c1-8(2)7-11-6-5-10(13)12-9(3)4/h9,11H,1,5-7H2,2-4H3,(H,12,13). The lowest BCUT2D eigenvalue weighted by atomic mass is 10.3. The minimum Gasteiger partial charge on any atom is -0.354 e. The zero-order valence-electron chi connectivity index (χ0n) is 8.81. The van der Waals surface area contributed by atoms with E-state index in [0.29, 0.717) is 13.0 Å². The van der Waals surface area contributed by atoms with Crippen molar-refractivity contribution in [3.8, 4) is 0 Å². The Labute approximate surface area is 80.6 Å². The van der Waals surface area contributed by atoms with Gasteiger partial charge in [-0.25, -0.2) is 0 Å². The van der Waals surface area contributed by atoms with Gasteiger partial charge in [-0.3, -0.25) is 4.79 Å². The fourth-order valence-electron chi connectivity index (χ4n) is 0.898. The lowest BCUT2D eigenvalue weighted by Crippen LogP contribution is -2.32. The van der Waals surface area contributed by atoms with Crippen molar-refractivity contribution in [2.24, 2.45) is 0 Å². The zero-order valence-corrected chi connectivity index (χ0v) is 8.81. The van der Waals surface area contributed by atoms with Crippen molar-refractivity contribution in [2.75, 3.05) is 13.1 Å². The van der Waals surface area contributed by atoms with Crippen molar-refractivity contribution in [3.05, 3.63) is 12.2 Å². The summed E-state index contributed by atoms with van der Waals surface area (Å²) in [6.45, 7) is 11.1. The largest absolute Gasteiger partial charge is 0.354 e. The fraction of sp³-hybridized carbons (Fsp3) is 0.700. The quantitative estimate of drug-likeness (QED) is 0.479. The van der Waals surface area contributed by atoms with Gasteiger partial charge in [-0.1, -0.05) is 12.2 Å². The molecule has 0 radical (unpaired) electrons. The molecular formula is C10H20N2O. The molecule has 1 amide bonds. The first-order valence-corrected chi connectivity index (χ1v) is 4.67. The average Bonchev–Trinajstić information content (AvgIpc) is 1.96. The molecule has 0 aromatic carbocycles. The van der Waals surface area contributed by atoms with Crippen LogP contribution in [0.1, 0.15) is 27.2 Å². The van der Waals surface area contributed by atoms with Gasteiger partial charge in [0, 0.05) is 25.6 Å². The molecule has 2 N–H and O–H groups in total. The van der Waals surface area contributed by atoms with E-state index < -0.39 is 0 Å². The molecule has 0 saturated heterocycles. The monoisotopic (exact) mass is 184 g/mol. The third-order valence-corrected chi connectivity index (χ3v) is 1.41. The van der Waals surface area contributed by atoms with E-state index in [2.05, 4.69) is 17.2 Å². The highest BCUT2D eigenvalue weighted by molar-refractivity contribution is 5.76. The van der Waals surface area contributed by atoms with Crippen LogP contribution in [-0.4, -0.2) is 25.0 Å². The third-order valence-electron chi connectivity index (χ3n) is 1.41. The van der Waals surface area contributed by atoms with Gasteiger partial charge in [0.1, 0.15) is 0 Å². The van der Waals surface area contributed by atoms with Crippen LogP contribution < -0.4 is 10.6 Å². The Morgan fingerprint density at radius 1 is 1.46 bits per heavy atom. The summed E-state index contributed by atoms with van der Waals surface area (Å²) < 4.78 is 0. The van der Waals surface area contributed by atoms with Crippen LogP contribution in [0, 0.1) is 0 Å². The maximum atomic E-state index is 11.1. The van der Waals surface area contributed by atoms with Crippen LogP contribution in [0.2, 0.25) is 0 Å². The summed E-state index contributed by atoms with van der Waals surface area (Å²) in [5, 5.41) is 5.96. The van der Waals surface area contributed by atoms with Crippen LogP contribution in [0.25, 0.3) is 0 Å². The molecule has 0 saturated carbocycles. The maximum absolute atomic E-state index is 11.1. The van der Waals surface area contributed by atoms with Crippen LogP contribution in [0.15, 0.2) is 12.2 Å². The van der Waals surface area contributed by atoms with E-state index in [9.17, 15) is 4.79 Å². The van der Waals surface area contributed by atoms with Crippen molar-refractivity contribution in [1.82, 2.24) is 10.6 Å². The Hall–Kier alpha value is -0.830. The summed E-state index contributed by atoms with van der Waals surface area (Å²) in [7, 11) is 0. The van der Waals surface area contributed by atoms with E-state index in [1.54, 1.807) is 0 Å². The van der Waals surface area contributed by atoms with Gasteiger partial charge in [-0.05, 0) is 20.8 Å². The molecule has 13 heavy (non-hydrogen) atoms. The minimum atomic E-state index is 0.101. The zero-order chi connectivity index (χ0) is 10.3. The molecule has 0 heterocycles. The van der Waals surface area contributed by atoms with Gasteiger partial charge in [-0.15, -0.1) is 0 Å². The SMILES string of the molecule is C=C(C)CNCCC(=O)NC(C)C. The van der Waals surface area contributed by atoms with E-state index in [1.165, 1.54) is 0 Å². The predicted molar refractivity (Wildman–Crippen MR) is 55.6 cm³/mol. The molecule has 76 valence electrons. The van der Waals surface area contributed by atoms with Gasteiger partial charge in [0.15, 0.2) is 0 Å². The van der Waals surface area contributed by atoms with Crippen LogP contribution in [-0.2, 0) is 4.79 Å². The first kappa shape index (κ1) is 12.2. The molecule has 3 nitrogen and oxygen atoms in total. The smallest absolute Gasteiger partial charge is 0.221 e. The highest BCUT2D eigenvalue weighted by Gasteiger charge is 2.01. The molecule has 0 atom stereocenters. The molecule has 3 heteroatoms. The lowest BCUT2D eigenvalue weighted by molar-refractivity contribution is -0.121. The van der Waals surface area contributed by atoms with Gasteiger partial charge in [0.25, 0.3) is 0 Å². The number of amides is 1. The van der Waals surface area contributed by atoms with E-state index in [-0.39, 0.29) is 11.9 Å². The minimum absolute atomic E-state index is 0.101. The van der Waals surface area contributed by atoms with Gasteiger partial charge >= 0.3 is 0 Å². The number of hydrogen-bond donors (Lipinski definition) is 2. The molecule has 0 rings (SSSR count). The van der Waals surface area contributed by atoms with E-state index in [1.807, 2.05) is 20.8 Å². The summed E-state index contributed by atoms with van der Waals surface area (Å²) in [6.07, 6.45) is 0.533. The van der Waals surface area contributed by atoms with Crippen molar-refractivity contribution < 1.29 is 4.79 Å². The highest BCUT2D eigenvalue weighted by atomic mass is 16.1. The second-order valence-corrected chi connectivity index (χ2v) is 3.61. The van der Waals surface area contributed by atoms with Crippen molar-refractivity contribution in [1.29, 1.82) is 0 Å². The van der Waals surface area contributed by atoms with E-state index in [0.717, 1.165) is 12.1 Å². The third kappa shape index (κ3) is 9.08. The number of carbonyl (C=O) groups is 1. The molecule has 0 aliphatic heterocycles. The summed E-state index contributed by atoms with van der Waals surface area (Å²) >= 11 is 0. The summed E-state index contributed by atoms with van der Waals surface area (Å²) in [5.74, 6) is 0.101. The van der Waals surface area contributed by atoms with Gasteiger partial charge in [-0.2, -0.15) is 0 Å². The number of carbonyl (C=O) groups excluding carboxylic acids is 1. The maximum Gasteiger partial charge on any atom is 0.221 e. The van der Waals surface area contributed by atoms with Gasteiger partial charge < -0.3 is 10.6 Å². The molecule has 0 fully saturated rings. The second kappa shape index (κ2) is 6.66. The van der Waals surface area contributed by atoms with Gasteiger partial charge in [0.05, 0.1) is 0 Å². The lowest BCUT2D eigenvalue weighted by Gasteiger charge is -2.08. The van der Waals surface area contributed by atoms with Crippen LogP contribution in [0.5, 0.6) is 0 Å². The Morgan fingerprint density at radius 2 is 2.08 bits per heavy atom. The van der Waals surface area contributed by atoms with Gasteiger partial charge in [0.2, 0.25) is 5.91 Å². The summed E-state index contributed by atoms with van der Waals surface area (Å²) in [6, 6.07) is 0.230. The second-order valence-electron chi connectivity index (χ2n) is 3.61. The highest BCUT2D eigenvalue weighted by Crippen LogP contribution is 1.84. The number of nitrogens with one attached hydrogen (secondary N) is 2. The fourth-order valence-corrected chi connectivity index (χ4v) is 0.898. The van der Waals surface area contributed by atoms with Crippen molar-refractivity contribution in [2.45, 2.75) is 33.2 Å².